The van der Waals surface area contributed by atoms with Crippen LogP contribution in [-0.2, 0) is 21.9 Å². The zero-order chi connectivity index (χ0) is 22.6. The molecule has 0 aromatic heterocycles. The molecule has 0 aliphatic carbocycles. The zero-order valence-electron chi connectivity index (χ0n) is 19.0. The number of amides is 2. The van der Waals surface area contributed by atoms with E-state index in [0.717, 1.165) is 23.5 Å². The Morgan fingerprint density at radius 3 is 2.42 bits per heavy atom. The highest BCUT2D eigenvalue weighted by Crippen LogP contribution is 2.20. The largest absolute Gasteiger partial charge is 0.497 e. The third kappa shape index (κ3) is 7.62. The summed E-state index contributed by atoms with van der Waals surface area (Å²) in [6, 6.07) is 15.4. The highest BCUT2D eigenvalue weighted by atomic mass is 32.2. The third-order valence-electron chi connectivity index (χ3n) is 5.19. The van der Waals surface area contributed by atoms with Crippen molar-refractivity contribution in [1.82, 2.24) is 10.2 Å². The van der Waals surface area contributed by atoms with Crippen molar-refractivity contribution in [3.63, 3.8) is 0 Å². The van der Waals surface area contributed by atoms with Crippen molar-refractivity contribution in [2.45, 2.75) is 52.0 Å². The van der Waals surface area contributed by atoms with E-state index in [1.807, 2.05) is 50.2 Å². The van der Waals surface area contributed by atoms with Gasteiger partial charge < -0.3 is 15.0 Å². The fourth-order valence-corrected chi connectivity index (χ4v) is 4.30. The molecule has 0 heterocycles. The first-order valence-electron chi connectivity index (χ1n) is 10.8. The maximum absolute atomic E-state index is 13.2. The summed E-state index contributed by atoms with van der Waals surface area (Å²) in [5, 5.41) is 2.95. The third-order valence-corrected chi connectivity index (χ3v) is 6.16. The van der Waals surface area contributed by atoms with Crippen LogP contribution in [0.4, 0.5) is 0 Å². The van der Waals surface area contributed by atoms with Gasteiger partial charge in [0.15, 0.2) is 0 Å². The molecule has 2 amide bonds. The van der Waals surface area contributed by atoms with E-state index in [-0.39, 0.29) is 11.8 Å². The fourth-order valence-electron chi connectivity index (χ4n) is 3.32. The van der Waals surface area contributed by atoms with Crippen LogP contribution < -0.4 is 10.1 Å². The molecule has 0 aliphatic rings. The monoisotopic (exact) mass is 442 g/mol. The quantitative estimate of drug-likeness (QED) is 0.523. The second-order valence-electron chi connectivity index (χ2n) is 7.50. The Labute approximate surface area is 190 Å². The highest BCUT2D eigenvalue weighted by Gasteiger charge is 2.28. The average molecular weight is 443 g/mol. The van der Waals surface area contributed by atoms with E-state index < -0.39 is 6.04 Å². The molecular weight excluding hydrogens is 408 g/mol. The molecule has 0 radical (unpaired) electrons. The van der Waals surface area contributed by atoms with Gasteiger partial charge in [-0.3, -0.25) is 9.59 Å². The van der Waals surface area contributed by atoms with Crippen molar-refractivity contribution in [1.29, 1.82) is 0 Å². The van der Waals surface area contributed by atoms with Gasteiger partial charge in [0.25, 0.3) is 0 Å². The van der Waals surface area contributed by atoms with Gasteiger partial charge in [0.2, 0.25) is 11.8 Å². The number of hydrogen-bond donors (Lipinski definition) is 1. The van der Waals surface area contributed by atoms with Gasteiger partial charge in [0.1, 0.15) is 11.8 Å². The number of hydrogen-bond acceptors (Lipinski definition) is 4. The number of rotatable bonds is 12. The minimum Gasteiger partial charge on any atom is -0.497 e. The Morgan fingerprint density at radius 1 is 1.10 bits per heavy atom. The molecule has 0 spiro atoms. The summed E-state index contributed by atoms with van der Waals surface area (Å²) in [6.45, 7) is 7.06. The zero-order valence-corrected chi connectivity index (χ0v) is 19.8. The van der Waals surface area contributed by atoms with Crippen molar-refractivity contribution >= 4 is 23.6 Å². The Bertz CT molecular complexity index is 839. The molecular formula is C25H34N2O3S. The SMILES string of the molecule is CCCNC(=O)C(CC)N(Cc1ccc(OC)cc1)C(=O)CSCc1ccccc1C. The standard InChI is InChI=1S/C25H34N2O3S/c1-5-15-26-25(29)23(6-2)27(16-20-11-13-22(30-4)14-12-20)24(28)18-31-17-21-10-8-7-9-19(21)3/h7-14,23H,5-6,15-18H2,1-4H3,(H,26,29). The number of aryl methyl sites for hydroxylation is 1. The molecule has 0 fully saturated rings. The number of methoxy groups -OCH3 is 1. The maximum atomic E-state index is 13.2. The lowest BCUT2D eigenvalue weighted by atomic mass is 10.1. The predicted molar refractivity (Wildman–Crippen MR) is 128 cm³/mol. The summed E-state index contributed by atoms with van der Waals surface area (Å²) >= 11 is 1.59. The lowest BCUT2D eigenvalue weighted by Crippen LogP contribution is -2.49. The van der Waals surface area contributed by atoms with Gasteiger partial charge >= 0.3 is 0 Å². The summed E-state index contributed by atoms with van der Waals surface area (Å²) in [6.07, 6.45) is 1.43. The molecule has 0 aliphatic heterocycles. The van der Waals surface area contributed by atoms with Crippen LogP contribution in [0.2, 0.25) is 0 Å². The van der Waals surface area contributed by atoms with Crippen molar-refractivity contribution in [2.75, 3.05) is 19.4 Å². The Balaban J connectivity index is 2.12. The number of nitrogens with zero attached hydrogens (tertiary/aromatic N) is 1. The van der Waals surface area contributed by atoms with Crippen LogP contribution >= 0.6 is 11.8 Å². The second-order valence-corrected chi connectivity index (χ2v) is 8.49. The molecule has 168 valence electrons. The van der Waals surface area contributed by atoms with E-state index in [9.17, 15) is 9.59 Å². The van der Waals surface area contributed by atoms with Crippen LogP contribution in [0.1, 0.15) is 43.4 Å². The Morgan fingerprint density at radius 2 is 1.81 bits per heavy atom. The molecule has 6 heteroatoms. The number of ether oxygens (including phenoxy) is 1. The lowest BCUT2D eigenvalue weighted by Gasteiger charge is -2.30. The fraction of sp³-hybridized carbons (Fsp3) is 0.440. The first-order valence-corrected chi connectivity index (χ1v) is 12.0. The van der Waals surface area contributed by atoms with Gasteiger partial charge in [0, 0.05) is 18.8 Å². The van der Waals surface area contributed by atoms with Gasteiger partial charge in [-0.1, -0.05) is 50.2 Å². The number of carbonyl (C=O) groups excluding carboxylic acids is 2. The Hall–Kier alpha value is -2.47. The number of benzene rings is 2. The molecule has 5 nitrogen and oxygen atoms in total. The minimum absolute atomic E-state index is 0.0205. The van der Waals surface area contributed by atoms with Crippen molar-refractivity contribution in [2.24, 2.45) is 0 Å². The maximum Gasteiger partial charge on any atom is 0.242 e. The summed E-state index contributed by atoms with van der Waals surface area (Å²) < 4.78 is 5.23. The predicted octanol–water partition coefficient (Wildman–Crippen LogP) is 4.57. The van der Waals surface area contributed by atoms with E-state index in [1.165, 1.54) is 11.1 Å². The van der Waals surface area contributed by atoms with Crippen LogP contribution in [0, 0.1) is 6.92 Å². The van der Waals surface area contributed by atoms with E-state index in [1.54, 1.807) is 23.8 Å². The van der Waals surface area contributed by atoms with E-state index in [4.69, 9.17) is 4.74 Å². The molecule has 0 saturated heterocycles. The van der Waals surface area contributed by atoms with E-state index in [0.29, 0.717) is 25.3 Å². The molecule has 2 aromatic rings. The van der Waals surface area contributed by atoms with Gasteiger partial charge in [-0.15, -0.1) is 11.8 Å². The Kier molecular flexibility index (Phi) is 10.4. The molecule has 31 heavy (non-hydrogen) atoms. The van der Waals surface area contributed by atoms with Crippen LogP contribution in [0.15, 0.2) is 48.5 Å². The van der Waals surface area contributed by atoms with Crippen molar-refractivity contribution in [3.8, 4) is 5.75 Å². The van der Waals surface area contributed by atoms with E-state index >= 15 is 0 Å². The molecule has 2 aromatic carbocycles. The van der Waals surface area contributed by atoms with Gasteiger partial charge in [-0.2, -0.15) is 0 Å². The van der Waals surface area contributed by atoms with Gasteiger partial charge in [-0.25, -0.2) is 0 Å². The molecule has 0 saturated carbocycles. The summed E-state index contributed by atoms with van der Waals surface area (Å²) in [4.78, 5) is 27.7. The first kappa shape index (κ1) is 24.8. The lowest BCUT2D eigenvalue weighted by molar-refractivity contribution is -0.139. The average Bonchev–Trinajstić information content (AvgIpc) is 2.79. The normalized spacial score (nSPS) is 11.6. The van der Waals surface area contributed by atoms with Crippen molar-refractivity contribution in [3.05, 3.63) is 65.2 Å². The molecule has 1 atom stereocenters. The van der Waals surface area contributed by atoms with Crippen LogP contribution in [0.5, 0.6) is 5.75 Å². The highest BCUT2D eigenvalue weighted by molar-refractivity contribution is 7.99. The van der Waals surface area contributed by atoms with Crippen LogP contribution in [-0.4, -0.2) is 42.2 Å². The summed E-state index contributed by atoms with van der Waals surface area (Å²) in [7, 11) is 1.63. The number of thioether (sulfide) groups is 1. The van der Waals surface area contributed by atoms with Crippen molar-refractivity contribution < 1.29 is 14.3 Å². The smallest absolute Gasteiger partial charge is 0.242 e. The molecule has 0 bridgehead atoms. The topological polar surface area (TPSA) is 58.6 Å². The summed E-state index contributed by atoms with van der Waals surface area (Å²) in [5.74, 6) is 1.77. The second kappa shape index (κ2) is 13.1. The van der Waals surface area contributed by atoms with Crippen LogP contribution in [0.25, 0.3) is 0 Å². The summed E-state index contributed by atoms with van der Waals surface area (Å²) in [5.41, 5.74) is 3.43. The van der Waals surface area contributed by atoms with Gasteiger partial charge in [0.05, 0.1) is 12.9 Å². The van der Waals surface area contributed by atoms with E-state index in [2.05, 4.69) is 24.4 Å². The minimum atomic E-state index is -0.486. The first-order chi connectivity index (χ1) is 15.0. The molecule has 1 unspecified atom stereocenters. The van der Waals surface area contributed by atoms with Gasteiger partial charge in [-0.05, 0) is 48.6 Å². The molecule has 2 rings (SSSR count). The number of nitrogens with one attached hydrogen (secondary N) is 1. The number of carbonyl (C=O) groups is 2. The molecule has 1 N–H and O–H groups in total. The van der Waals surface area contributed by atoms with Crippen LogP contribution in [0.3, 0.4) is 0 Å².